The molecule has 5 heteroatoms. The van der Waals surface area contributed by atoms with Gasteiger partial charge in [-0.2, -0.15) is 0 Å². The SMILES string of the molecule is Cn1c(CN(C(=O)c2ccc3c(c2)OCCCO3)C2CCCCC2)cc2ccccc21. The van der Waals surface area contributed by atoms with E-state index in [1.54, 1.807) is 0 Å². The molecular weight excluding hydrogens is 388 g/mol. The van der Waals surface area contributed by atoms with Crippen LogP contribution in [0.5, 0.6) is 11.5 Å². The first-order chi connectivity index (χ1) is 15.2. The van der Waals surface area contributed by atoms with Crippen molar-refractivity contribution in [2.75, 3.05) is 13.2 Å². The van der Waals surface area contributed by atoms with E-state index in [1.165, 1.54) is 30.2 Å². The highest BCUT2D eigenvalue weighted by atomic mass is 16.5. The van der Waals surface area contributed by atoms with Crippen LogP contribution in [0.4, 0.5) is 0 Å². The molecule has 2 aliphatic rings. The van der Waals surface area contributed by atoms with Crippen molar-refractivity contribution >= 4 is 16.8 Å². The van der Waals surface area contributed by atoms with Gasteiger partial charge in [0.05, 0.1) is 19.8 Å². The molecule has 31 heavy (non-hydrogen) atoms. The zero-order valence-electron chi connectivity index (χ0n) is 18.2. The van der Waals surface area contributed by atoms with Crippen molar-refractivity contribution in [3.8, 4) is 11.5 Å². The van der Waals surface area contributed by atoms with Crippen LogP contribution in [0.3, 0.4) is 0 Å². The minimum absolute atomic E-state index is 0.0767. The van der Waals surface area contributed by atoms with Crippen molar-refractivity contribution < 1.29 is 14.3 Å². The fourth-order valence-electron chi connectivity index (χ4n) is 4.89. The number of amides is 1. The zero-order chi connectivity index (χ0) is 21.2. The largest absolute Gasteiger partial charge is 0.490 e. The van der Waals surface area contributed by atoms with Gasteiger partial charge in [-0.3, -0.25) is 4.79 Å². The van der Waals surface area contributed by atoms with Crippen LogP contribution in [-0.2, 0) is 13.6 Å². The number of carbonyl (C=O) groups excluding carboxylic acids is 1. The number of fused-ring (bicyclic) bond motifs is 2. The van der Waals surface area contributed by atoms with Crippen LogP contribution >= 0.6 is 0 Å². The number of carbonyl (C=O) groups is 1. The Bertz CT molecular complexity index is 1080. The highest BCUT2D eigenvalue weighted by molar-refractivity contribution is 5.95. The van der Waals surface area contributed by atoms with Crippen molar-refractivity contribution in [3.05, 3.63) is 59.8 Å². The average molecular weight is 419 g/mol. The number of benzene rings is 2. The number of nitrogens with zero attached hydrogens (tertiary/aromatic N) is 2. The Kier molecular flexibility index (Phi) is 5.58. The summed E-state index contributed by atoms with van der Waals surface area (Å²) in [5.41, 5.74) is 3.03. The van der Waals surface area contributed by atoms with Gasteiger partial charge in [-0.1, -0.05) is 37.5 Å². The van der Waals surface area contributed by atoms with Gasteiger partial charge in [-0.25, -0.2) is 0 Å². The Morgan fingerprint density at radius 3 is 2.55 bits per heavy atom. The summed E-state index contributed by atoms with van der Waals surface area (Å²) in [7, 11) is 2.09. The maximum atomic E-state index is 13.8. The van der Waals surface area contributed by atoms with E-state index in [9.17, 15) is 4.79 Å². The Morgan fingerprint density at radius 1 is 0.968 bits per heavy atom. The standard InChI is InChI=1S/C26H30N2O3/c1-27-22(16-19-8-5-6-11-23(19)27)18-28(21-9-3-2-4-10-21)26(29)20-12-13-24-25(17-20)31-15-7-14-30-24/h5-6,8,11-13,16-17,21H,2-4,7,9-10,14-15,18H2,1H3. The van der Waals surface area contributed by atoms with Gasteiger partial charge in [0.2, 0.25) is 0 Å². The molecule has 2 aromatic carbocycles. The highest BCUT2D eigenvalue weighted by Gasteiger charge is 2.28. The van der Waals surface area contributed by atoms with Gasteiger partial charge in [0.1, 0.15) is 0 Å². The van der Waals surface area contributed by atoms with E-state index < -0.39 is 0 Å². The summed E-state index contributed by atoms with van der Waals surface area (Å²) >= 11 is 0. The van der Waals surface area contributed by atoms with Crippen LogP contribution < -0.4 is 9.47 Å². The lowest BCUT2D eigenvalue weighted by Gasteiger charge is -2.34. The van der Waals surface area contributed by atoms with E-state index in [-0.39, 0.29) is 11.9 Å². The normalized spacial score (nSPS) is 16.8. The minimum atomic E-state index is 0.0767. The number of ether oxygens (including phenoxy) is 2. The van der Waals surface area contributed by atoms with Gasteiger partial charge < -0.3 is 18.9 Å². The molecule has 0 saturated heterocycles. The number of hydrogen-bond acceptors (Lipinski definition) is 3. The van der Waals surface area contributed by atoms with Gasteiger partial charge in [0, 0.05) is 36.3 Å². The summed E-state index contributed by atoms with van der Waals surface area (Å²) in [4.78, 5) is 15.9. The predicted molar refractivity (Wildman–Crippen MR) is 122 cm³/mol. The lowest BCUT2D eigenvalue weighted by Crippen LogP contribution is -2.41. The van der Waals surface area contributed by atoms with Crippen LogP contribution in [0, 0.1) is 0 Å². The minimum Gasteiger partial charge on any atom is -0.490 e. The van der Waals surface area contributed by atoms with E-state index >= 15 is 0 Å². The summed E-state index contributed by atoms with van der Waals surface area (Å²) in [5.74, 6) is 1.48. The van der Waals surface area contributed by atoms with Crippen LogP contribution in [0.2, 0.25) is 0 Å². The lowest BCUT2D eigenvalue weighted by atomic mass is 9.93. The molecule has 1 saturated carbocycles. The number of aryl methyl sites for hydroxylation is 1. The molecule has 2 heterocycles. The van der Waals surface area contributed by atoms with Crippen molar-refractivity contribution in [3.63, 3.8) is 0 Å². The average Bonchev–Trinajstić information content (AvgIpc) is 2.97. The summed E-state index contributed by atoms with van der Waals surface area (Å²) in [6.07, 6.45) is 6.62. The van der Waals surface area contributed by atoms with Crippen molar-refractivity contribution in [2.45, 2.75) is 51.1 Å². The molecule has 0 unspecified atom stereocenters. The third-order valence-corrected chi connectivity index (χ3v) is 6.65. The predicted octanol–water partition coefficient (Wildman–Crippen LogP) is 5.31. The number of aromatic nitrogens is 1. The fourth-order valence-corrected chi connectivity index (χ4v) is 4.89. The van der Waals surface area contributed by atoms with Crippen molar-refractivity contribution in [1.29, 1.82) is 0 Å². The molecule has 5 rings (SSSR count). The van der Waals surface area contributed by atoms with Crippen LogP contribution in [0.15, 0.2) is 48.5 Å². The first-order valence-corrected chi connectivity index (χ1v) is 11.4. The molecule has 1 aromatic heterocycles. The highest BCUT2D eigenvalue weighted by Crippen LogP contribution is 2.33. The smallest absolute Gasteiger partial charge is 0.254 e. The number of hydrogen-bond donors (Lipinski definition) is 0. The Balaban J connectivity index is 1.47. The first kappa shape index (κ1) is 20.0. The molecule has 0 radical (unpaired) electrons. The molecule has 1 fully saturated rings. The second-order valence-corrected chi connectivity index (χ2v) is 8.69. The van der Waals surface area contributed by atoms with Crippen molar-refractivity contribution in [2.24, 2.45) is 7.05 Å². The molecule has 1 aliphatic heterocycles. The summed E-state index contributed by atoms with van der Waals surface area (Å²) in [6, 6.07) is 16.5. The van der Waals surface area contributed by atoms with E-state index in [4.69, 9.17) is 9.47 Å². The Hall–Kier alpha value is -2.95. The Labute approximate surface area is 183 Å². The van der Waals surface area contributed by atoms with Crippen LogP contribution in [-0.4, -0.2) is 34.6 Å². The number of rotatable bonds is 4. The third-order valence-electron chi connectivity index (χ3n) is 6.65. The molecule has 0 bridgehead atoms. The van der Waals surface area contributed by atoms with Gasteiger partial charge in [0.25, 0.3) is 5.91 Å². The van der Waals surface area contributed by atoms with Crippen LogP contribution in [0.25, 0.3) is 10.9 Å². The summed E-state index contributed by atoms with van der Waals surface area (Å²) in [6.45, 7) is 1.88. The van der Waals surface area contributed by atoms with Gasteiger partial charge >= 0.3 is 0 Å². The van der Waals surface area contributed by atoms with E-state index in [0.717, 1.165) is 30.7 Å². The summed E-state index contributed by atoms with van der Waals surface area (Å²) < 4.78 is 13.8. The molecule has 3 aromatic rings. The molecule has 0 spiro atoms. The molecule has 5 nitrogen and oxygen atoms in total. The first-order valence-electron chi connectivity index (χ1n) is 11.4. The zero-order valence-corrected chi connectivity index (χ0v) is 18.2. The molecule has 0 N–H and O–H groups in total. The molecule has 1 aliphatic carbocycles. The van der Waals surface area contributed by atoms with E-state index in [1.807, 2.05) is 18.2 Å². The molecular formula is C26H30N2O3. The lowest BCUT2D eigenvalue weighted by molar-refractivity contribution is 0.0609. The topological polar surface area (TPSA) is 43.7 Å². The van der Waals surface area contributed by atoms with Gasteiger partial charge in [-0.15, -0.1) is 0 Å². The fraction of sp³-hybridized carbons (Fsp3) is 0.423. The monoisotopic (exact) mass is 418 g/mol. The second-order valence-electron chi connectivity index (χ2n) is 8.69. The van der Waals surface area contributed by atoms with Crippen LogP contribution in [0.1, 0.15) is 54.6 Å². The summed E-state index contributed by atoms with van der Waals surface area (Å²) in [5, 5.41) is 1.21. The second kappa shape index (κ2) is 8.66. The van der Waals surface area contributed by atoms with Gasteiger partial charge in [0.15, 0.2) is 11.5 Å². The maximum absolute atomic E-state index is 13.8. The van der Waals surface area contributed by atoms with E-state index in [2.05, 4.69) is 46.8 Å². The van der Waals surface area contributed by atoms with E-state index in [0.29, 0.717) is 31.1 Å². The number of para-hydroxylation sites is 1. The Morgan fingerprint density at radius 2 is 1.74 bits per heavy atom. The molecule has 0 atom stereocenters. The van der Waals surface area contributed by atoms with Gasteiger partial charge in [-0.05, 0) is 48.6 Å². The molecule has 162 valence electrons. The maximum Gasteiger partial charge on any atom is 0.254 e. The molecule has 1 amide bonds. The van der Waals surface area contributed by atoms with Crippen molar-refractivity contribution in [1.82, 2.24) is 9.47 Å². The third kappa shape index (κ3) is 4.01. The quantitative estimate of drug-likeness (QED) is 0.576.